The molecule has 0 aliphatic carbocycles. The Morgan fingerprint density at radius 1 is 0.750 bits per heavy atom. The van der Waals surface area contributed by atoms with E-state index in [0.717, 1.165) is 44.8 Å². The average molecular weight is 418 g/mol. The van der Waals surface area contributed by atoms with E-state index in [0.29, 0.717) is 0 Å². The summed E-state index contributed by atoms with van der Waals surface area (Å²) in [5, 5.41) is 0. The largest absolute Gasteiger partial charge is 0.367 e. The summed E-state index contributed by atoms with van der Waals surface area (Å²) in [5.74, 6) is 0. The number of H-pyrrole nitrogens is 2. The van der Waals surface area contributed by atoms with Crippen molar-refractivity contribution < 1.29 is 0 Å². The normalized spacial score (nSPS) is 17.1. The Morgan fingerprint density at radius 2 is 1.41 bits per heavy atom. The van der Waals surface area contributed by atoms with Crippen molar-refractivity contribution >= 4 is 46.4 Å². The molecule has 0 aromatic carbocycles. The van der Waals surface area contributed by atoms with Crippen LogP contribution in [0.4, 0.5) is 0 Å². The van der Waals surface area contributed by atoms with Gasteiger partial charge in [-0.05, 0) is 79.8 Å². The zero-order valence-electron chi connectivity index (χ0n) is 18.0. The summed E-state index contributed by atoms with van der Waals surface area (Å²) < 4.78 is 0. The summed E-state index contributed by atoms with van der Waals surface area (Å²) in [7, 11) is 2.14. The van der Waals surface area contributed by atoms with Crippen molar-refractivity contribution in [3.8, 4) is 0 Å². The third-order valence-electron chi connectivity index (χ3n) is 6.12. The number of hydrogen-bond acceptors (Lipinski definition) is 3. The second-order valence-electron chi connectivity index (χ2n) is 8.38. The first-order chi connectivity index (χ1) is 15.6. The van der Waals surface area contributed by atoms with Gasteiger partial charge in [-0.3, -0.25) is 0 Å². The van der Waals surface area contributed by atoms with Crippen LogP contribution in [0.5, 0.6) is 0 Å². The topological polar surface area (TPSA) is 60.6 Å². The number of aromatic nitrogens is 4. The van der Waals surface area contributed by atoms with Crippen LogP contribution in [0.15, 0.2) is 66.4 Å². The standard InChI is InChI=1S/C27H23N5/c1-17-4-3-5-27(32(17)2)25-15-24-14-22-9-8-20(29-22)12-18-6-7-19(28-18)13-21-10-11-23(30-21)16-26(25)31-24/h3-16,27,29,31H,1-2H3. The zero-order chi connectivity index (χ0) is 21.7. The van der Waals surface area contributed by atoms with Crippen molar-refractivity contribution in [3.05, 3.63) is 94.7 Å². The molecule has 0 spiro atoms. The molecule has 5 heteroatoms. The maximum absolute atomic E-state index is 4.80. The highest BCUT2D eigenvalue weighted by Crippen LogP contribution is 2.32. The Morgan fingerprint density at radius 3 is 2.16 bits per heavy atom. The molecule has 1 atom stereocenters. The summed E-state index contributed by atoms with van der Waals surface area (Å²) in [4.78, 5) is 18.9. The van der Waals surface area contributed by atoms with Gasteiger partial charge in [0.25, 0.3) is 0 Å². The predicted molar refractivity (Wildman–Crippen MR) is 132 cm³/mol. The maximum atomic E-state index is 4.80. The second-order valence-corrected chi connectivity index (χ2v) is 8.38. The van der Waals surface area contributed by atoms with E-state index >= 15 is 0 Å². The lowest BCUT2D eigenvalue weighted by molar-refractivity contribution is 0.358. The number of likely N-dealkylation sites (N-methyl/N-ethyl adjacent to an activating group) is 1. The van der Waals surface area contributed by atoms with Gasteiger partial charge in [-0.25, -0.2) is 9.97 Å². The first kappa shape index (κ1) is 18.6. The van der Waals surface area contributed by atoms with Crippen LogP contribution in [0.1, 0.15) is 41.3 Å². The maximum Gasteiger partial charge on any atom is 0.0744 e. The van der Waals surface area contributed by atoms with Crippen LogP contribution in [0, 0.1) is 0 Å². The van der Waals surface area contributed by atoms with Gasteiger partial charge < -0.3 is 14.9 Å². The molecule has 1 unspecified atom stereocenters. The van der Waals surface area contributed by atoms with Gasteiger partial charge in [-0.1, -0.05) is 12.2 Å². The Balaban J connectivity index is 1.63. The van der Waals surface area contributed by atoms with Gasteiger partial charge in [0.05, 0.1) is 28.8 Å². The number of nitrogens with zero attached hydrogens (tertiary/aromatic N) is 3. The molecule has 0 fully saturated rings. The molecule has 3 aromatic heterocycles. The van der Waals surface area contributed by atoms with E-state index in [4.69, 9.17) is 9.97 Å². The molecule has 156 valence electrons. The molecule has 6 rings (SSSR count). The van der Waals surface area contributed by atoms with Gasteiger partial charge >= 0.3 is 0 Å². The van der Waals surface area contributed by atoms with E-state index in [-0.39, 0.29) is 6.04 Å². The molecule has 32 heavy (non-hydrogen) atoms. The third-order valence-corrected chi connectivity index (χ3v) is 6.12. The van der Waals surface area contributed by atoms with Crippen molar-refractivity contribution in [2.45, 2.75) is 13.0 Å². The van der Waals surface area contributed by atoms with Crippen LogP contribution in [0.2, 0.25) is 0 Å². The van der Waals surface area contributed by atoms with E-state index < -0.39 is 0 Å². The van der Waals surface area contributed by atoms with Crippen LogP contribution in [0.25, 0.3) is 46.4 Å². The van der Waals surface area contributed by atoms with Crippen molar-refractivity contribution in [1.82, 2.24) is 24.8 Å². The molecular weight excluding hydrogens is 394 g/mol. The quantitative estimate of drug-likeness (QED) is 0.346. The SMILES string of the molecule is CC1=CC=CC(c2cc3cc4ccc(cc5nc(cc6nc(cc2[nH]3)C=C6)C=C5)[nH]4)N1C. The van der Waals surface area contributed by atoms with Crippen LogP contribution in [0.3, 0.4) is 0 Å². The van der Waals surface area contributed by atoms with Gasteiger partial charge in [-0.15, -0.1) is 0 Å². The predicted octanol–water partition coefficient (Wildman–Crippen LogP) is 6.10. The molecule has 3 aromatic rings. The molecule has 0 saturated heterocycles. The highest BCUT2D eigenvalue weighted by molar-refractivity contribution is 5.78. The minimum atomic E-state index is 0.159. The Kier molecular flexibility index (Phi) is 4.21. The second kappa shape index (κ2) is 7.24. The average Bonchev–Trinajstić information content (AvgIpc) is 3.55. The lowest BCUT2D eigenvalue weighted by atomic mass is 10.0. The summed E-state index contributed by atoms with van der Waals surface area (Å²) in [6.45, 7) is 2.14. The minimum absolute atomic E-state index is 0.159. The van der Waals surface area contributed by atoms with Gasteiger partial charge in [0.2, 0.25) is 0 Å². The van der Waals surface area contributed by atoms with Gasteiger partial charge in [-0.2, -0.15) is 0 Å². The Bertz CT molecular complexity index is 1510. The number of fused-ring (bicyclic) bond motifs is 8. The lowest BCUT2D eigenvalue weighted by Crippen LogP contribution is -2.22. The van der Waals surface area contributed by atoms with Gasteiger partial charge in [0, 0.05) is 40.4 Å². The molecule has 6 heterocycles. The Labute approximate surface area is 186 Å². The van der Waals surface area contributed by atoms with Crippen LogP contribution >= 0.6 is 0 Å². The summed E-state index contributed by atoms with van der Waals surface area (Å²) in [5.41, 5.74) is 10.3. The van der Waals surface area contributed by atoms with Crippen molar-refractivity contribution in [3.63, 3.8) is 0 Å². The fourth-order valence-corrected chi connectivity index (χ4v) is 4.36. The Hall–Kier alpha value is -4.12. The van der Waals surface area contributed by atoms with Gasteiger partial charge in [0.1, 0.15) is 0 Å². The van der Waals surface area contributed by atoms with Crippen LogP contribution < -0.4 is 0 Å². The third kappa shape index (κ3) is 3.38. The monoisotopic (exact) mass is 417 g/mol. The number of allylic oxidation sites excluding steroid dienone is 3. The summed E-state index contributed by atoms with van der Waals surface area (Å²) in [6, 6.07) is 14.9. The number of hydrogen-bond donors (Lipinski definition) is 2. The molecule has 5 nitrogen and oxygen atoms in total. The number of aromatic amines is 2. The number of nitrogens with one attached hydrogen (secondary N) is 2. The van der Waals surface area contributed by atoms with Crippen molar-refractivity contribution in [1.29, 1.82) is 0 Å². The van der Waals surface area contributed by atoms with E-state index in [2.05, 4.69) is 89.5 Å². The fraction of sp³-hybridized carbons (Fsp3) is 0.111. The highest BCUT2D eigenvalue weighted by atomic mass is 15.1. The minimum Gasteiger partial charge on any atom is -0.367 e. The van der Waals surface area contributed by atoms with Crippen molar-refractivity contribution in [2.75, 3.05) is 7.05 Å². The van der Waals surface area contributed by atoms with Gasteiger partial charge in [0.15, 0.2) is 0 Å². The van der Waals surface area contributed by atoms with E-state index in [9.17, 15) is 0 Å². The molecule has 0 saturated carbocycles. The molecule has 2 N–H and O–H groups in total. The van der Waals surface area contributed by atoms with Crippen molar-refractivity contribution in [2.24, 2.45) is 0 Å². The molecule has 0 radical (unpaired) electrons. The van der Waals surface area contributed by atoms with E-state index in [1.807, 2.05) is 24.3 Å². The molecule has 3 aliphatic rings. The molecular formula is C27H23N5. The van der Waals surface area contributed by atoms with E-state index in [1.54, 1.807) is 0 Å². The van der Waals surface area contributed by atoms with Crippen LogP contribution in [-0.2, 0) is 0 Å². The van der Waals surface area contributed by atoms with E-state index in [1.165, 1.54) is 11.3 Å². The van der Waals surface area contributed by atoms with Crippen LogP contribution in [-0.4, -0.2) is 31.9 Å². The smallest absolute Gasteiger partial charge is 0.0744 e. The first-order valence-electron chi connectivity index (χ1n) is 10.8. The molecule has 8 bridgehead atoms. The molecule has 3 aliphatic heterocycles. The highest BCUT2D eigenvalue weighted by Gasteiger charge is 2.19. The lowest BCUT2D eigenvalue weighted by Gasteiger charge is -2.30. The first-order valence-corrected chi connectivity index (χ1v) is 10.8. The summed E-state index contributed by atoms with van der Waals surface area (Å²) in [6.07, 6.45) is 14.6. The fourth-order valence-electron chi connectivity index (χ4n) is 4.36. The zero-order valence-corrected chi connectivity index (χ0v) is 18.0. The number of rotatable bonds is 1. The summed E-state index contributed by atoms with van der Waals surface area (Å²) >= 11 is 0. The molecule has 0 amide bonds.